The molecular formula is C28H40O8. The lowest BCUT2D eigenvalue weighted by Gasteiger charge is -2.57. The molecule has 6 rings (SSSR count). The van der Waals surface area contributed by atoms with E-state index in [1.165, 1.54) is 19.6 Å². The Morgan fingerprint density at radius 2 is 1.94 bits per heavy atom. The lowest BCUT2D eigenvalue weighted by Crippen LogP contribution is -2.73. The van der Waals surface area contributed by atoms with Gasteiger partial charge >= 0.3 is 5.97 Å². The highest BCUT2D eigenvalue weighted by atomic mass is 16.8. The van der Waals surface area contributed by atoms with Gasteiger partial charge in [0.2, 0.25) is 5.79 Å². The third kappa shape index (κ3) is 3.00. The van der Waals surface area contributed by atoms with Crippen molar-refractivity contribution in [3.63, 3.8) is 0 Å². The predicted octanol–water partition coefficient (Wildman–Crippen LogP) is 3.21. The number of hydrogen-bond acceptors (Lipinski definition) is 8. The number of allylic oxidation sites excluding steroid dienone is 3. The van der Waals surface area contributed by atoms with Crippen molar-refractivity contribution in [2.75, 3.05) is 13.7 Å². The zero-order valence-electron chi connectivity index (χ0n) is 22.2. The smallest absolute Gasteiger partial charge is 0.303 e. The molecule has 200 valence electrons. The molecule has 3 saturated heterocycles. The second kappa shape index (κ2) is 7.87. The minimum Gasteiger partial charge on any atom is -0.454 e. The molecule has 0 bridgehead atoms. The monoisotopic (exact) mass is 504 g/mol. The van der Waals surface area contributed by atoms with Gasteiger partial charge in [0.25, 0.3) is 0 Å². The molecule has 0 unspecified atom stereocenters. The second-order valence-electron chi connectivity index (χ2n) is 12.7. The Morgan fingerprint density at radius 1 is 1.19 bits per heavy atom. The minimum atomic E-state index is -2.02. The lowest BCUT2D eigenvalue weighted by atomic mass is 9.52. The highest BCUT2D eigenvalue weighted by molar-refractivity contribution is 5.66. The summed E-state index contributed by atoms with van der Waals surface area (Å²) in [5.74, 6) is -2.93. The van der Waals surface area contributed by atoms with Crippen LogP contribution in [0.25, 0.3) is 0 Å². The maximum atomic E-state index is 12.7. The number of methoxy groups -OCH3 is 1. The number of hydrogen-bond donors (Lipinski definition) is 2. The number of fused-ring (bicyclic) bond motifs is 4. The van der Waals surface area contributed by atoms with Crippen molar-refractivity contribution in [1.82, 2.24) is 0 Å². The average molecular weight is 505 g/mol. The SMILES string of the molecule is CO[C@@H]1O[C@@]2(O)[C@H]3[C@@H](OC[C@H]2OC(C)=O)O[C@H]2[C@]4(C)CC[C@@]5(C)CCC(C(C)C)=C5[C@H]4CC=C1[C@@]32O. The Bertz CT molecular complexity index is 1030. The maximum absolute atomic E-state index is 12.7. The Labute approximate surface area is 212 Å². The molecule has 8 nitrogen and oxygen atoms in total. The van der Waals surface area contributed by atoms with Gasteiger partial charge in [-0.15, -0.1) is 0 Å². The zero-order valence-corrected chi connectivity index (χ0v) is 22.2. The van der Waals surface area contributed by atoms with E-state index in [1.807, 2.05) is 0 Å². The highest BCUT2D eigenvalue weighted by Crippen LogP contribution is 2.68. The molecule has 0 aromatic rings. The third-order valence-corrected chi connectivity index (χ3v) is 10.4. The molecule has 10 atom stereocenters. The van der Waals surface area contributed by atoms with Gasteiger partial charge in [0.15, 0.2) is 18.7 Å². The summed E-state index contributed by atoms with van der Waals surface area (Å²) in [4.78, 5) is 11.9. The topological polar surface area (TPSA) is 104 Å². The Balaban J connectivity index is 1.52. The van der Waals surface area contributed by atoms with Gasteiger partial charge < -0.3 is 33.9 Å². The van der Waals surface area contributed by atoms with E-state index in [4.69, 9.17) is 23.7 Å². The predicted molar refractivity (Wildman–Crippen MR) is 128 cm³/mol. The number of aliphatic hydroxyl groups is 2. The van der Waals surface area contributed by atoms with Crippen LogP contribution in [-0.4, -0.2) is 66.1 Å². The molecule has 8 heteroatoms. The van der Waals surface area contributed by atoms with Gasteiger partial charge in [-0.3, -0.25) is 4.79 Å². The van der Waals surface area contributed by atoms with Crippen molar-refractivity contribution in [1.29, 1.82) is 0 Å². The summed E-state index contributed by atoms with van der Waals surface area (Å²) in [5.41, 5.74) is 1.79. The number of ether oxygens (including phenoxy) is 5. The Morgan fingerprint density at radius 3 is 2.61 bits per heavy atom. The van der Waals surface area contributed by atoms with E-state index in [0.29, 0.717) is 11.5 Å². The van der Waals surface area contributed by atoms with Crippen molar-refractivity contribution < 1.29 is 38.7 Å². The van der Waals surface area contributed by atoms with Crippen LogP contribution in [0.2, 0.25) is 0 Å². The summed E-state index contributed by atoms with van der Waals surface area (Å²) < 4.78 is 29.9. The maximum Gasteiger partial charge on any atom is 0.303 e. The first-order valence-electron chi connectivity index (χ1n) is 13.4. The molecule has 3 heterocycles. The fourth-order valence-electron chi connectivity index (χ4n) is 8.72. The van der Waals surface area contributed by atoms with Gasteiger partial charge in [-0.05, 0) is 49.4 Å². The van der Waals surface area contributed by atoms with Crippen LogP contribution in [0.4, 0.5) is 0 Å². The van der Waals surface area contributed by atoms with Gasteiger partial charge in [-0.25, -0.2) is 0 Å². The van der Waals surface area contributed by atoms with E-state index < -0.39 is 53.5 Å². The van der Waals surface area contributed by atoms with Crippen LogP contribution in [-0.2, 0) is 28.5 Å². The largest absolute Gasteiger partial charge is 0.454 e. The molecule has 6 aliphatic rings. The van der Waals surface area contributed by atoms with E-state index in [0.717, 1.165) is 32.1 Å². The van der Waals surface area contributed by atoms with Gasteiger partial charge in [-0.2, -0.15) is 0 Å². The van der Waals surface area contributed by atoms with Gasteiger partial charge in [0.1, 0.15) is 17.6 Å². The first kappa shape index (κ1) is 25.0. The summed E-state index contributed by atoms with van der Waals surface area (Å²) in [6, 6.07) is 0. The minimum absolute atomic E-state index is 0.101. The molecule has 0 radical (unpaired) electrons. The van der Waals surface area contributed by atoms with Crippen LogP contribution in [0.5, 0.6) is 0 Å². The highest BCUT2D eigenvalue weighted by Gasteiger charge is 2.78. The van der Waals surface area contributed by atoms with Crippen molar-refractivity contribution in [2.45, 2.75) is 103 Å². The molecule has 0 amide bonds. The summed E-state index contributed by atoms with van der Waals surface area (Å²) in [6.45, 7) is 10.4. The van der Waals surface area contributed by atoms with Crippen LogP contribution in [0.3, 0.4) is 0 Å². The van der Waals surface area contributed by atoms with Crippen LogP contribution < -0.4 is 0 Å². The Kier molecular flexibility index (Phi) is 5.47. The third-order valence-electron chi connectivity index (χ3n) is 10.4. The van der Waals surface area contributed by atoms with Crippen molar-refractivity contribution >= 4 is 5.97 Å². The molecule has 3 aliphatic carbocycles. The van der Waals surface area contributed by atoms with Crippen molar-refractivity contribution in [3.05, 3.63) is 22.8 Å². The normalized spacial score (nSPS) is 51.3. The first-order chi connectivity index (χ1) is 16.9. The number of carbonyl (C=O) groups excluding carboxylic acids is 1. The number of rotatable bonds is 3. The van der Waals surface area contributed by atoms with Crippen molar-refractivity contribution in [2.24, 2.45) is 28.6 Å². The fourth-order valence-corrected chi connectivity index (χ4v) is 8.72. The zero-order chi connectivity index (χ0) is 25.8. The average Bonchev–Trinajstić information content (AvgIpc) is 3.30. The van der Waals surface area contributed by atoms with Crippen LogP contribution in [0.15, 0.2) is 22.8 Å². The molecule has 36 heavy (non-hydrogen) atoms. The molecule has 0 aromatic heterocycles. The van der Waals surface area contributed by atoms with Crippen LogP contribution in [0.1, 0.15) is 66.7 Å². The van der Waals surface area contributed by atoms with Gasteiger partial charge in [0.05, 0.1) is 6.61 Å². The van der Waals surface area contributed by atoms with E-state index in [-0.39, 0.29) is 17.9 Å². The van der Waals surface area contributed by atoms with Crippen molar-refractivity contribution in [3.8, 4) is 0 Å². The number of carbonyl (C=O) groups is 1. The fraction of sp³-hybridized carbons (Fsp3) is 0.821. The van der Waals surface area contributed by atoms with Gasteiger partial charge in [0, 0.05) is 25.0 Å². The second-order valence-corrected chi connectivity index (χ2v) is 12.7. The summed E-state index contributed by atoms with van der Waals surface area (Å²) in [6.07, 6.45) is 3.33. The van der Waals surface area contributed by atoms with Crippen LogP contribution >= 0.6 is 0 Å². The Hall–Kier alpha value is -1.29. The van der Waals surface area contributed by atoms with E-state index in [2.05, 4.69) is 33.8 Å². The van der Waals surface area contributed by atoms with E-state index >= 15 is 0 Å². The first-order valence-corrected chi connectivity index (χ1v) is 13.4. The lowest BCUT2D eigenvalue weighted by molar-refractivity contribution is -0.405. The summed E-state index contributed by atoms with van der Waals surface area (Å²) >= 11 is 0. The molecule has 4 fully saturated rings. The quantitative estimate of drug-likeness (QED) is 0.446. The molecule has 2 N–H and O–H groups in total. The van der Waals surface area contributed by atoms with Gasteiger partial charge in [-0.1, -0.05) is 44.9 Å². The molecule has 0 spiro atoms. The standard InChI is InChI=1S/C28H40O8/c1-14(2)16-9-10-25(4)11-12-26(5)17(20(16)25)7-8-18-22(32-6)36-28(31)19(34-15(3)29)13-33-23-21(28)27(18,30)24(26)35-23/h8,14,17,19,21-24,30-31H,7,9-13H2,1-6H3/t17-,19-,21+,22-,23+,24+,25-,26-,27-,28-/m1/s1. The molecule has 3 aliphatic heterocycles. The molecule has 1 saturated carbocycles. The van der Waals surface area contributed by atoms with Crippen LogP contribution in [0, 0.1) is 28.6 Å². The summed E-state index contributed by atoms with van der Waals surface area (Å²) in [5, 5.41) is 24.7. The van der Waals surface area contributed by atoms with E-state index in [9.17, 15) is 15.0 Å². The number of esters is 1. The summed E-state index contributed by atoms with van der Waals surface area (Å²) in [7, 11) is 1.49. The molecular weight excluding hydrogens is 464 g/mol. The van der Waals surface area contributed by atoms with E-state index in [1.54, 1.807) is 5.57 Å². The molecule has 0 aromatic carbocycles.